The van der Waals surface area contributed by atoms with Gasteiger partial charge in [0.05, 0.1) is 17.4 Å². The van der Waals surface area contributed by atoms with Gasteiger partial charge in [0.15, 0.2) is 0 Å². The molecule has 3 nitrogen and oxygen atoms in total. The lowest BCUT2D eigenvalue weighted by Crippen LogP contribution is -1.89. The van der Waals surface area contributed by atoms with Crippen molar-refractivity contribution in [3.8, 4) is 0 Å². The first kappa shape index (κ1) is 9.48. The summed E-state index contributed by atoms with van der Waals surface area (Å²) in [4.78, 5) is 10.3. The highest BCUT2D eigenvalue weighted by atomic mass is 32.2. The van der Waals surface area contributed by atoms with Crippen LogP contribution in [0.5, 0.6) is 0 Å². The van der Waals surface area contributed by atoms with Gasteiger partial charge in [-0.2, -0.15) is 0 Å². The number of nitrogens with two attached hydrogens (primary N) is 1. The van der Waals surface area contributed by atoms with E-state index in [9.17, 15) is 0 Å². The molecule has 0 aliphatic rings. The van der Waals surface area contributed by atoms with Gasteiger partial charge in [0.1, 0.15) is 0 Å². The molecule has 0 fully saturated rings. The number of hydrogen-bond donors (Lipinski definition) is 1. The van der Waals surface area contributed by atoms with Gasteiger partial charge in [-0.05, 0) is 6.07 Å². The van der Waals surface area contributed by atoms with Gasteiger partial charge in [0.2, 0.25) is 0 Å². The van der Waals surface area contributed by atoms with E-state index in [4.69, 9.17) is 5.73 Å². The molecule has 0 aliphatic heterocycles. The second-order valence-electron chi connectivity index (χ2n) is 2.67. The summed E-state index contributed by atoms with van der Waals surface area (Å²) >= 11 is 3.37. The van der Waals surface area contributed by atoms with Crippen LogP contribution in [0.1, 0.15) is 4.88 Å². The van der Waals surface area contributed by atoms with E-state index >= 15 is 0 Å². The fraction of sp³-hybridized carbons (Fsp3) is 0.111. The Balaban J connectivity index is 2.02. The molecule has 0 saturated heterocycles. The number of pyridine rings is 1. The van der Waals surface area contributed by atoms with Crippen molar-refractivity contribution < 1.29 is 0 Å². The minimum Gasteiger partial charge on any atom is -0.397 e. The van der Waals surface area contributed by atoms with Crippen LogP contribution in [0.2, 0.25) is 0 Å². The van der Waals surface area contributed by atoms with Crippen molar-refractivity contribution in [3.05, 3.63) is 35.0 Å². The molecule has 0 atom stereocenters. The molecular formula is C9H9N3S2. The van der Waals surface area contributed by atoms with Gasteiger partial charge in [-0.3, -0.25) is 9.97 Å². The predicted molar refractivity (Wildman–Crippen MR) is 60.3 cm³/mol. The molecule has 0 radical (unpaired) electrons. The van der Waals surface area contributed by atoms with Crippen LogP contribution in [0, 0.1) is 0 Å². The van der Waals surface area contributed by atoms with Crippen LogP contribution in [0.15, 0.2) is 35.1 Å². The molecule has 0 aliphatic carbocycles. The number of anilines is 1. The highest BCUT2D eigenvalue weighted by Gasteiger charge is 2.00. The summed E-state index contributed by atoms with van der Waals surface area (Å²) in [5.74, 6) is 0.916. The average Bonchev–Trinajstić information content (AvgIpc) is 2.69. The monoisotopic (exact) mass is 223 g/mol. The maximum Gasteiger partial charge on any atom is 0.0794 e. The van der Waals surface area contributed by atoms with E-state index in [-0.39, 0.29) is 0 Å². The molecule has 2 aromatic rings. The van der Waals surface area contributed by atoms with Crippen LogP contribution in [-0.2, 0) is 5.75 Å². The Morgan fingerprint density at radius 1 is 1.36 bits per heavy atom. The number of nitrogens with zero attached hydrogens (tertiary/aromatic N) is 2. The smallest absolute Gasteiger partial charge is 0.0794 e. The molecule has 0 bridgehead atoms. The van der Waals surface area contributed by atoms with Crippen molar-refractivity contribution in [2.24, 2.45) is 0 Å². The summed E-state index contributed by atoms with van der Waals surface area (Å²) in [6.45, 7) is 0. The highest BCUT2D eigenvalue weighted by Crippen LogP contribution is 2.27. The number of nitrogen functional groups attached to an aromatic ring is 1. The molecule has 0 unspecified atom stereocenters. The van der Waals surface area contributed by atoms with Gasteiger partial charge in [0.25, 0.3) is 0 Å². The van der Waals surface area contributed by atoms with E-state index in [1.807, 2.05) is 17.8 Å². The van der Waals surface area contributed by atoms with Gasteiger partial charge in [-0.1, -0.05) is 0 Å². The molecule has 2 aromatic heterocycles. The Morgan fingerprint density at radius 2 is 2.29 bits per heavy atom. The Bertz CT molecular complexity index is 400. The molecule has 72 valence electrons. The van der Waals surface area contributed by atoms with E-state index in [2.05, 4.69) is 9.97 Å². The molecule has 5 heteroatoms. The fourth-order valence-corrected chi connectivity index (χ4v) is 2.56. The minimum atomic E-state index is 0.738. The summed E-state index contributed by atoms with van der Waals surface area (Å²) in [5, 5.41) is 0. The zero-order valence-electron chi connectivity index (χ0n) is 7.38. The Labute approximate surface area is 90.4 Å². The molecule has 0 amide bonds. The quantitative estimate of drug-likeness (QED) is 0.812. The third kappa shape index (κ3) is 2.24. The predicted octanol–water partition coefficient (Wildman–Crippen LogP) is 2.41. The van der Waals surface area contributed by atoms with Gasteiger partial charge < -0.3 is 5.73 Å². The summed E-state index contributed by atoms with van der Waals surface area (Å²) in [7, 11) is 0. The van der Waals surface area contributed by atoms with E-state index in [0.717, 1.165) is 16.3 Å². The standard InChI is InChI=1S/C9H9N3S2/c10-8-4-11-2-1-9(8)13-5-7-3-12-6-14-7/h1-4,6H,5,10H2. The van der Waals surface area contributed by atoms with E-state index in [1.165, 1.54) is 4.88 Å². The van der Waals surface area contributed by atoms with Gasteiger partial charge in [-0.25, -0.2) is 0 Å². The number of thioether (sulfide) groups is 1. The lowest BCUT2D eigenvalue weighted by Gasteiger charge is -2.01. The number of aromatic nitrogens is 2. The van der Waals surface area contributed by atoms with Crippen LogP contribution in [-0.4, -0.2) is 9.97 Å². The summed E-state index contributed by atoms with van der Waals surface area (Å²) in [5.41, 5.74) is 8.34. The largest absolute Gasteiger partial charge is 0.397 e. The summed E-state index contributed by atoms with van der Waals surface area (Å²) < 4.78 is 0. The lowest BCUT2D eigenvalue weighted by molar-refractivity contribution is 1.27. The van der Waals surface area contributed by atoms with Crippen molar-refractivity contribution in [3.63, 3.8) is 0 Å². The average molecular weight is 223 g/mol. The van der Waals surface area contributed by atoms with E-state index < -0.39 is 0 Å². The minimum absolute atomic E-state index is 0.738. The maximum absolute atomic E-state index is 5.76. The topological polar surface area (TPSA) is 51.8 Å². The summed E-state index contributed by atoms with van der Waals surface area (Å²) in [6, 6.07) is 1.93. The lowest BCUT2D eigenvalue weighted by atomic mass is 10.4. The first-order valence-electron chi connectivity index (χ1n) is 4.06. The van der Waals surface area contributed by atoms with Crippen molar-refractivity contribution >= 4 is 28.8 Å². The number of rotatable bonds is 3. The van der Waals surface area contributed by atoms with Crippen LogP contribution < -0.4 is 5.73 Å². The van der Waals surface area contributed by atoms with Crippen LogP contribution >= 0.6 is 23.1 Å². The zero-order chi connectivity index (χ0) is 9.80. The SMILES string of the molecule is Nc1cnccc1SCc1cncs1. The molecule has 2 N–H and O–H groups in total. The second-order valence-corrected chi connectivity index (χ2v) is 4.66. The molecule has 0 saturated carbocycles. The number of thiazole rings is 1. The van der Waals surface area contributed by atoms with E-state index in [0.29, 0.717) is 0 Å². The zero-order valence-corrected chi connectivity index (χ0v) is 9.02. The molecule has 0 spiro atoms. The van der Waals surface area contributed by atoms with E-state index in [1.54, 1.807) is 35.5 Å². The normalized spacial score (nSPS) is 10.3. The second kappa shape index (κ2) is 4.43. The Hall–Kier alpha value is -1.07. The maximum atomic E-state index is 5.76. The molecule has 2 heterocycles. The van der Waals surface area contributed by atoms with Crippen molar-refractivity contribution in [1.29, 1.82) is 0 Å². The molecule has 0 aromatic carbocycles. The molecule has 2 rings (SSSR count). The van der Waals surface area contributed by atoms with Crippen LogP contribution in [0.25, 0.3) is 0 Å². The van der Waals surface area contributed by atoms with Gasteiger partial charge >= 0.3 is 0 Å². The van der Waals surface area contributed by atoms with Gasteiger partial charge in [0, 0.05) is 27.9 Å². The molecular weight excluding hydrogens is 214 g/mol. The third-order valence-corrected chi connectivity index (χ3v) is 3.76. The first-order chi connectivity index (χ1) is 6.86. The third-order valence-electron chi connectivity index (χ3n) is 1.66. The van der Waals surface area contributed by atoms with Crippen molar-refractivity contribution in [2.75, 3.05) is 5.73 Å². The van der Waals surface area contributed by atoms with Gasteiger partial charge in [-0.15, -0.1) is 23.1 Å². The molecule has 14 heavy (non-hydrogen) atoms. The van der Waals surface area contributed by atoms with Crippen LogP contribution in [0.3, 0.4) is 0 Å². The fourth-order valence-electron chi connectivity index (χ4n) is 0.988. The van der Waals surface area contributed by atoms with Crippen molar-refractivity contribution in [1.82, 2.24) is 9.97 Å². The highest BCUT2D eigenvalue weighted by molar-refractivity contribution is 7.98. The number of hydrogen-bond acceptors (Lipinski definition) is 5. The Morgan fingerprint density at radius 3 is 3.00 bits per heavy atom. The Kier molecular flexibility index (Phi) is 3.00. The van der Waals surface area contributed by atoms with Crippen LogP contribution in [0.4, 0.5) is 5.69 Å². The first-order valence-corrected chi connectivity index (χ1v) is 5.92. The van der Waals surface area contributed by atoms with Crippen molar-refractivity contribution in [2.45, 2.75) is 10.6 Å². The summed E-state index contributed by atoms with van der Waals surface area (Å²) in [6.07, 6.45) is 5.31.